The number of phenols is 1. The molecule has 3 aliphatic rings. The van der Waals surface area contributed by atoms with Crippen LogP contribution < -0.4 is 15.0 Å². The number of hydrogen-bond donors (Lipinski definition) is 2. The van der Waals surface area contributed by atoms with E-state index in [1.807, 2.05) is 66.7 Å². The van der Waals surface area contributed by atoms with E-state index in [9.17, 15) is 14.7 Å². The molecule has 47 heavy (non-hydrogen) atoms. The Bertz CT molecular complexity index is 1680. The predicted octanol–water partition coefficient (Wildman–Crippen LogP) is 9.03. The van der Waals surface area contributed by atoms with E-state index in [2.05, 4.69) is 47.8 Å². The molecule has 2 heterocycles. The molecule has 2 fully saturated rings. The van der Waals surface area contributed by atoms with E-state index in [-0.39, 0.29) is 41.4 Å². The van der Waals surface area contributed by atoms with E-state index in [1.54, 1.807) is 7.11 Å². The highest BCUT2D eigenvalue weighted by atomic mass is 127. The fourth-order valence-electron chi connectivity index (χ4n) is 7.62. The Labute approximate surface area is 291 Å². The summed E-state index contributed by atoms with van der Waals surface area (Å²) in [6, 6.07) is 21.3. The van der Waals surface area contributed by atoms with E-state index in [0.717, 1.165) is 59.0 Å². The second kappa shape index (κ2) is 14.6. The van der Waals surface area contributed by atoms with Gasteiger partial charge >= 0.3 is 0 Å². The number of para-hydroxylation sites is 1. The Morgan fingerprint density at radius 2 is 1.74 bits per heavy atom. The zero-order valence-electron chi connectivity index (χ0n) is 27.3. The smallest absolute Gasteiger partial charge is 0.238 e. The van der Waals surface area contributed by atoms with E-state index in [4.69, 9.17) is 9.47 Å². The van der Waals surface area contributed by atoms with E-state index in [1.165, 1.54) is 21.6 Å². The summed E-state index contributed by atoms with van der Waals surface area (Å²) in [6.45, 7) is 4.83. The van der Waals surface area contributed by atoms with Gasteiger partial charge in [0, 0.05) is 17.3 Å². The number of hydrogen-bond acceptors (Lipinski definition) is 6. The Hall–Kier alpha value is -3.63. The topological polar surface area (TPSA) is 88.1 Å². The number of amides is 2. The van der Waals surface area contributed by atoms with Crippen LogP contribution in [0.4, 0.5) is 17.1 Å². The van der Waals surface area contributed by atoms with Gasteiger partial charge in [-0.2, -0.15) is 0 Å². The second-order valence-electron chi connectivity index (χ2n) is 12.8. The van der Waals surface area contributed by atoms with Gasteiger partial charge in [0.05, 0.1) is 40.9 Å². The minimum atomic E-state index is -0.387. The number of aromatic hydroxyl groups is 1. The van der Waals surface area contributed by atoms with Gasteiger partial charge in [-0.15, -0.1) is 0 Å². The van der Waals surface area contributed by atoms with Crippen molar-refractivity contribution in [3.05, 3.63) is 92.6 Å². The number of ether oxygens (including phenoxy) is 2. The van der Waals surface area contributed by atoms with Crippen LogP contribution >= 0.6 is 22.6 Å². The monoisotopic (exact) mass is 746 g/mol. The fourth-order valence-corrected chi connectivity index (χ4v) is 8.25. The molecule has 0 radical (unpaired) electrons. The first kappa shape index (κ1) is 33.3. The molecule has 2 N–H and O–H groups in total. The number of nitrogens with one attached hydrogen (secondary N) is 1. The lowest BCUT2D eigenvalue weighted by atomic mass is 9.68. The SMILES string of the molecule is CCCC1=C2[C@@H](CC/C(=C/c3cc(I)c(O)c(OC)c3)CCC)OC[C@@H]2[C@@H]2C(=O)N(c3ccc(Nc4ccccc4)cc3)C(=O)[C@@H]2C1. The van der Waals surface area contributed by atoms with Crippen molar-refractivity contribution in [2.45, 2.75) is 64.9 Å². The van der Waals surface area contributed by atoms with E-state index in [0.29, 0.717) is 24.5 Å². The van der Waals surface area contributed by atoms with Gasteiger partial charge in [-0.25, -0.2) is 0 Å². The van der Waals surface area contributed by atoms with Crippen molar-refractivity contribution in [2.24, 2.45) is 17.8 Å². The van der Waals surface area contributed by atoms with Gasteiger partial charge in [-0.3, -0.25) is 14.5 Å². The summed E-state index contributed by atoms with van der Waals surface area (Å²) in [5, 5.41) is 13.7. The number of carbonyl (C=O) groups is 2. The predicted molar refractivity (Wildman–Crippen MR) is 195 cm³/mol. The molecular formula is C39H43IN2O5. The molecule has 3 aromatic rings. The molecule has 0 bridgehead atoms. The average molecular weight is 747 g/mol. The van der Waals surface area contributed by atoms with Gasteiger partial charge in [0.15, 0.2) is 11.5 Å². The normalized spacial score (nSPS) is 22.5. The average Bonchev–Trinajstić information content (AvgIpc) is 3.60. The largest absolute Gasteiger partial charge is 0.504 e. The van der Waals surface area contributed by atoms with Crippen LogP contribution in [-0.2, 0) is 14.3 Å². The summed E-state index contributed by atoms with van der Waals surface area (Å²) < 4.78 is 12.6. The highest BCUT2D eigenvalue weighted by Gasteiger charge is 2.57. The molecule has 246 valence electrons. The molecule has 2 amide bonds. The number of methoxy groups -OCH3 is 1. The standard InChI is InChI=1S/C39H43IN2O5/c1-4-9-24(19-25-20-32(40)37(43)34(21-25)46-3)13-18-33-35-26(10-5-2)22-30-36(31(35)23-47-33)39(45)42(38(30)44)29-16-14-28(15-17-29)41-27-11-7-6-8-12-27/h6-8,11-12,14-17,19-21,30-31,33,36,41,43H,4-5,9-10,13,18,22-23H2,1-3H3/b24-19+/t30-,31+,33-,36-/m1/s1. The number of carbonyl (C=O) groups excluding carboxylic acids is 2. The minimum Gasteiger partial charge on any atom is -0.504 e. The van der Waals surface area contributed by atoms with E-state index < -0.39 is 0 Å². The lowest BCUT2D eigenvalue weighted by Gasteiger charge is -2.32. The molecule has 0 unspecified atom stereocenters. The van der Waals surface area contributed by atoms with Crippen LogP contribution in [0, 0.1) is 21.3 Å². The molecule has 2 saturated heterocycles. The van der Waals surface area contributed by atoms with Gasteiger partial charge in [-0.05, 0) is 114 Å². The second-order valence-corrected chi connectivity index (χ2v) is 13.9. The zero-order valence-corrected chi connectivity index (χ0v) is 29.5. The highest BCUT2D eigenvalue weighted by Crippen LogP contribution is 2.51. The maximum atomic E-state index is 14.1. The number of benzene rings is 3. The first-order chi connectivity index (χ1) is 22.8. The van der Waals surface area contributed by atoms with Crippen LogP contribution in [0.25, 0.3) is 6.08 Å². The zero-order chi connectivity index (χ0) is 33.1. The molecule has 0 aromatic heterocycles. The summed E-state index contributed by atoms with van der Waals surface area (Å²) in [7, 11) is 1.57. The number of phenolic OH excluding ortho intramolecular Hbond substituents is 1. The summed E-state index contributed by atoms with van der Waals surface area (Å²) in [5.74, 6) is -0.360. The van der Waals surface area contributed by atoms with Crippen molar-refractivity contribution in [3.63, 3.8) is 0 Å². The van der Waals surface area contributed by atoms with Crippen molar-refractivity contribution in [1.82, 2.24) is 0 Å². The van der Waals surface area contributed by atoms with Crippen LogP contribution in [0.3, 0.4) is 0 Å². The van der Waals surface area contributed by atoms with Crippen molar-refractivity contribution < 1.29 is 24.2 Å². The van der Waals surface area contributed by atoms with Crippen molar-refractivity contribution in [2.75, 3.05) is 23.9 Å². The molecule has 1 aliphatic carbocycles. The third-order valence-electron chi connectivity index (χ3n) is 9.69. The van der Waals surface area contributed by atoms with Gasteiger partial charge in [0.2, 0.25) is 11.8 Å². The molecule has 8 heteroatoms. The van der Waals surface area contributed by atoms with Crippen LogP contribution in [-0.4, -0.2) is 36.7 Å². The van der Waals surface area contributed by atoms with Gasteiger partial charge < -0.3 is 19.9 Å². The molecule has 0 spiro atoms. The van der Waals surface area contributed by atoms with Crippen LogP contribution in [0.1, 0.15) is 64.4 Å². The van der Waals surface area contributed by atoms with Gasteiger partial charge in [-0.1, -0.05) is 62.1 Å². The number of imide groups is 1. The molecule has 2 aliphatic heterocycles. The Kier molecular flexibility index (Phi) is 10.4. The molecular weight excluding hydrogens is 703 g/mol. The minimum absolute atomic E-state index is 0.0578. The lowest BCUT2D eigenvalue weighted by molar-refractivity contribution is -0.122. The quantitative estimate of drug-likeness (QED) is 0.109. The van der Waals surface area contributed by atoms with Crippen molar-refractivity contribution >= 4 is 57.5 Å². The van der Waals surface area contributed by atoms with E-state index >= 15 is 0 Å². The molecule has 0 saturated carbocycles. The third-order valence-corrected chi connectivity index (χ3v) is 10.5. The number of fused-ring (bicyclic) bond motifs is 3. The van der Waals surface area contributed by atoms with Crippen LogP contribution in [0.5, 0.6) is 11.5 Å². The number of nitrogens with zero attached hydrogens (tertiary/aromatic N) is 1. The third kappa shape index (κ3) is 6.85. The Morgan fingerprint density at radius 3 is 2.45 bits per heavy atom. The Balaban J connectivity index is 1.20. The van der Waals surface area contributed by atoms with Crippen LogP contribution in [0.2, 0.25) is 0 Å². The number of allylic oxidation sites excluding steroid dienone is 2. The van der Waals surface area contributed by atoms with Crippen LogP contribution in [0.15, 0.2) is 83.4 Å². The van der Waals surface area contributed by atoms with Crippen molar-refractivity contribution in [1.29, 1.82) is 0 Å². The summed E-state index contributed by atoms with van der Waals surface area (Å²) in [4.78, 5) is 29.4. The molecule has 4 atom stereocenters. The number of halogens is 1. The maximum Gasteiger partial charge on any atom is 0.238 e. The highest BCUT2D eigenvalue weighted by molar-refractivity contribution is 14.1. The first-order valence-electron chi connectivity index (χ1n) is 16.7. The number of rotatable bonds is 12. The lowest BCUT2D eigenvalue weighted by Crippen LogP contribution is -2.34. The Morgan fingerprint density at radius 1 is 1.00 bits per heavy atom. The first-order valence-corrected chi connectivity index (χ1v) is 17.8. The molecule has 3 aromatic carbocycles. The number of anilines is 3. The summed E-state index contributed by atoms with van der Waals surface area (Å²) in [6.07, 6.45) is 8.36. The summed E-state index contributed by atoms with van der Waals surface area (Å²) >= 11 is 2.13. The van der Waals surface area contributed by atoms with Gasteiger partial charge in [0.1, 0.15) is 0 Å². The molecule has 7 nitrogen and oxygen atoms in total. The maximum absolute atomic E-state index is 14.1. The summed E-state index contributed by atoms with van der Waals surface area (Å²) in [5.41, 5.74) is 7.40. The van der Waals surface area contributed by atoms with Gasteiger partial charge in [0.25, 0.3) is 0 Å². The fraction of sp³-hybridized carbons (Fsp3) is 0.385. The molecule has 6 rings (SSSR count). The van der Waals surface area contributed by atoms with Crippen molar-refractivity contribution in [3.8, 4) is 11.5 Å².